The molecular weight excluding hydrogens is 234 g/mol. The number of aromatic carboxylic acids is 1. The largest absolute Gasteiger partial charge is 0.477 e. The molecule has 0 unspecified atom stereocenters. The molecule has 0 amide bonds. The van der Waals surface area contributed by atoms with Gasteiger partial charge in [0.25, 0.3) is 0 Å². The van der Waals surface area contributed by atoms with E-state index in [1.54, 1.807) is 12.1 Å². The number of nitrogens with one attached hydrogen (secondary N) is 1. The molecule has 2 N–H and O–H groups in total. The Bertz CT molecular complexity index is 550. The molecule has 0 spiro atoms. The Labute approximate surface area is 104 Å². The summed E-state index contributed by atoms with van der Waals surface area (Å²) in [6.07, 6.45) is 2.79. The quantitative estimate of drug-likeness (QED) is 0.861. The van der Waals surface area contributed by atoms with E-state index >= 15 is 0 Å². The number of carboxylic acid groups (broad SMARTS) is 1. The van der Waals surface area contributed by atoms with Gasteiger partial charge in [0.05, 0.1) is 6.26 Å². The zero-order valence-electron chi connectivity index (χ0n) is 10.0. The average Bonchev–Trinajstić information content (AvgIpc) is 2.81. The lowest BCUT2D eigenvalue weighted by Crippen LogP contribution is -2.15. The van der Waals surface area contributed by atoms with E-state index < -0.39 is 5.97 Å². The van der Waals surface area contributed by atoms with Gasteiger partial charge in [-0.2, -0.15) is 0 Å². The van der Waals surface area contributed by atoms with Crippen molar-refractivity contribution in [2.45, 2.75) is 19.9 Å². The Morgan fingerprint density at radius 3 is 2.83 bits per heavy atom. The molecule has 0 radical (unpaired) electrons. The maximum absolute atomic E-state index is 11.1. The van der Waals surface area contributed by atoms with Gasteiger partial charge in [-0.05, 0) is 26.0 Å². The first-order valence-corrected chi connectivity index (χ1v) is 5.48. The van der Waals surface area contributed by atoms with Crippen LogP contribution in [0.1, 0.15) is 24.2 Å². The summed E-state index contributed by atoms with van der Waals surface area (Å²) in [6.45, 7) is 3.81. The normalized spacial score (nSPS) is 10.6. The van der Waals surface area contributed by atoms with Crippen LogP contribution in [0.5, 0.6) is 0 Å². The second-order valence-electron chi connectivity index (χ2n) is 4.04. The maximum atomic E-state index is 11.1. The number of anilines is 1. The predicted octanol–water partition coefficient (Wildman–Crippen LogP) is 2.26. The minimum atomic E-state index is -1.07. The molecule has 0 aliphatic heterocycles. The zero-order chi connectivity index (χ0) is 13.1. The lowest BCUT2D eigenvalue weighted by atomic mass is 10.2. The van der Waals surface area contributed by atoms with Crippen molar-refractivity contribution in [2.75, 3.05) is 5.32 Å². The van der Waals surface area contributed by atoms with Gasteiger partial charge in [0.1, 0.15) is 11.4 Å². The van der Waals surface area contributed by atoms with Gasteiger partial charge in [-0.25, -0.2) is 14.8 Å². The van der Waals surface area contributed by atoms with Crippen LogP contribution < -0.4 is 5.32 Å². The first-order chi connectivity index (χ1) is 8.58. The number of nitrogens with zero attached hydrogens (tertiary/aromatic N) is 2. The van der Waals surface area contributed by atoms with Crippen molar-refractivity contribution in [3.8, 4) is 11.6 Å². The third-order valence-corrected chi connectivity index (χ3v) is 2.19. The summed E-state index contributed by atoms with van der Waals surface area (Å²) in [5, 5.41) is 12.0. The SMILES string of the molecule is CC(C)Nc1nc(-c2ccco2)ncc1C(=O)O. The lowest BCUT2D eigenvalue weighted by Gasteiger charge is -2.11. The number of rotatable bonds is 4. The van der Waals surface area contributed by atoms with E-state index in [0.717, 1.165) is 0 Å². The molecule has 18 heavy (non-hydrogen) atoms. The van der Waals surface area contributed by atoms with Gasteiger partial charge >= 0.3 is 5.97 Å². The number of carbonyl (C=O) groups is 1. The predicted molar refractivity (Wildman–Crippen MR) is 65.5 cm³/mol. The van der Waals surface area contributed by atoms with Crippen LogP contribution in [0.25, 0.3) is 11.6 Å². The summed E-state index contributed by atoms with van der Waals surface area (Å²) in [4.78, 5) is 19.2. The van der Waals surface area contributed by atoms with Crippen molar-refractivity contribution >= 4 is 11.8 Å². The molecule has 2 heterocycles. The summed E-state index contributed by atoms with van der Waals surface area (Å²) in [5.41, 5.74) is 0.0407. The standard InChI is InChI=1S/C12H13N3O3/c1-7(2)14-10-8(12(16)17)6-13-11(15-10)9-4-3-5-18-9/h3-7H,1-2H3,(H,16,17)(H,13,14,15). The minimum absolute atomic E-state index is 0.0407. The zero-order valence-corrected chi connectivity index (χ0v) is 10.0. The van der Waals surface area contributed by atoms with Crippen LogP contribution in [0.15, 0.2) is 29.0 Å². The van der Waals surface area contributed by atoms with Crippen LogP contribution in [0.3, 0.4) is 0 Å². The summed E-state index contributed by atoms with van der Waals surface area (Å²) < 4.78 is 5.18. The van der Waals surface area contributed by atoms with E-state index in [1.807, 2.05) is 13.8 Å². The minimum Gasteiger partial charge on any atom is -0.477 e. The van der Waals surface area contributed by atoms with Crippen LogP contribution in [0.2, 0.25) is 0 Å². The second-order valence-corrected chi connectivity index (χ2v) is 4.04. The lowest BCUT2D eigenvalue weighted by molar-refractivity contribution is 0.0697. The van der Waals surface area contributed by atoms with Crippen LogP contribution in [0.4, 0.5) is 5.82 Å². The second kappa shape index (κ2) is 4.87. The number of furan rings is 1. The van der Waals surface area contributed by atoms with Gasteiger partial charge in [-0.3, -0.25) is 0 Å². The van der Waals surface area contributed by atoms with Crippen LogP contribution in [-0.2, 0) is 0 Å². The van der Waals surface area contributed by atoms with Crippen LogP contribution in [-0.4, -0.2) is 27.1 Å². The summed E-state index contributed by atoms with van der Waals surface area (Å²) in [7, 11) is 0. The molecule has 0 bridgehead atoms. The molecular formula is C12H13N3O3. The van der Waals surface area contributed by atoms with E-state index in [0.29, 0.717) is 17.4 Å². The fraction of sp³-hybridized carbons (Fsp3) is 0.250. The van der Waals surface area contributed by atoms with Crippen LogP contribution in [0, 0.1) is 0 Å². The highest BCUT2D eigenvalue weighted by Gasteiger charge is 2.15. The average molecular weight is 247 g/mol. The van der Waals surface area contributed by atoms with E-state index in [2.05, 4.69) is 15.3 Å². The van der Waals surface area contributed by atoms with Gasteiger partial charge in [0, 0.05) is 12.2 Å². The van der Waals surface area contributed by atoms with Gasteiger partial charge in [-0.15, -0.1) is 0 Å². The molecule has 0 saturated heterocycles. The van der Waals surface area contributed by atoms with Crippen molar-refractivity contribution in [1.82, 2.24) is 9.97 Å². The first-order valence-electron chi connectivity index (χ1n) is 5.48. The Morgan fingerprint density at radius 1 is 1.50 bits per heavy atom. The highest BCUT2D eigenvalue weighted by atomic mass is 16.4. The fourth-order valence-electron chi connectivity index (χ4n) is 1.45. The van der Waals surface area contributed by atoms with Crippen molar-refractivity contribution in [3.05, 3.63) is 30.2 Å². The highest BCUT2D eigenvalue weighted by molar-refractivity contribution is 5.93. The molecule has 6 heteroatoms. The number of hydrogen-bond donors (Lipinski definition) is 2. The summed E-state index contributed by atoms with van der Waals surface area (Å²) >= 11 is 0. The Balaban J connectivity index is 2.45. The van der Waals surface area contributed by atoms with E-state index in [9.17, 15) is 4.79 Å². The monoisotopic (exact) mass is 247 g/mol. The third-order valence-electron chi connectivity index (χ3n) is 2.19. The van der Waals surface area contributed by atoms with Gasteiger partial charge in [0.2, 0.25) is 0 Å². The number of aromatic nitrogens is 2. The Morgan fingerprint density at radius 2 is 2.28 bits per heavy atom. The molecule has 0 aromatic carbocycles. The molecule has 0 saturated carbocycles. The van der Waals surface area contributed by atoms with Gasteiger partial charge < -0.3 is 14.8 Å². The number of carboxylic acids is 1. The van der Waals surface area contributed by atoms with Crippen LogP contribution >= 0.6 is 0 Å². The number of hydrogen-bond acceptors (Lipinski definition) is 5. The van der Waals surface area contributed by atoms with E-state index in [4.69, 9.17) is 9.52 Å². The van der Waals surface area contributed by atoms with Gasteiger partial charge in [-0.1, -0.05) is 0 Å². The molecule has 2 aromatic heterocycles. The molecule has 0 fully saturated rings. The Hall–Kier alpha value is -2.37. The maximum Gasteiger partial charge on any atom is 0.341 e. The van der Waals surface area contributed by atoms with Crippen molar-refractivity contribution in [1.29, 1.82) is 0 Å². The molecule has 2 rings (SSSR count). The smallest absolute Gasteiger partial charge is 0.341 e. The molecule has 0 aliphatic rings. The topological polar surface area (TPSA) is 88.3 Å². The molecule has 2 aromatic rings. The van der Waals surface area contributed by atoms with E-state index in [1.165, 1.54) is 12.5 Å². The fourth-order valence-corrected chi connectivity index (χ4v) is 1.45. The molecule has 6 nitrogen and oxygen atoms in total. The molecule has 0 atom stereocenters. The van der Waals surface area contributed by atoms with E-state index in [-0.39, 0.29) is 11.6 Å². The first kappa shape index (κ1) is 12.1. The summed E-state index contributed by atoms with van der Waals surface area (Å²) in [6, 6.07) is 3.51. The van der Waals surface area contributed by atoms with Crippen molar-refractivity contribution in [3.63, 3.8) is 0 Å². The van der Waals surface area contributed by atoms with Crippen molar-refractivity contribution < 1.29 is 14.3 Å². The van der Waals surface area contributed by atoms with Gasteiger partial charge in [0.15, 0.2) is 11.6 Å². The van der Waals surface area contributed by atoms with Crippen molar-refractivity contribution in [2.24, 2.45) is 0 Å². The highest BCUT2D eigenvalue weighted by Crippen LogP contribution is 2.20. The third kappa shape index (κ3) is 2.48. The molecule has 0 aliphatic carbocycles. The molecule has 94 valence electrons. The Kier molecular flexibility index (Phi) is 3.27. The summed E-state index contributed by atoms with van der Waals surface area (Å²) in [5.74, 6) is 0.0786.